The molecule has 2 N–H and O–H groups in total. The Bertz CT molecular complexity index is 1110. The first-order valence-electron chi connectivity index (χ1n) is 10.8. The second-order valence-corrected chi connectivity index (χ2v) is 7.79. The van der Waals surface area contributed by atoms with Crippen LogP contribution in [0, 0.1) is 0 Å². The van der Waals surface area contributed by atoms with Gasteiger partial charge in [0.15, 0.2) is 11.5 Å². The van der Waals surface area contributed by atoms with Crippen LogP contribution in [0.5, 0.6) is 11.5 Å². The van der Waals surface area contributed by atoms with E-state index >= 15 is 0 Å². The SMILES string of the molecule is CCOc1cc(/C=N\NC(=O)c2ccc(CN3CCc4ccccc4C3)cc2)ccc1O. The van der Waals surface area contributed by atoms with Gasteiger partial charge in [-0.1, -0.05) is 36.4 Å². The molecule has 0 radical (unpaired) electrons. The van der Waals surface area contributed by atoms with Gasteiger partial charge in [-0.2, -0.15) is 5.10 Å². The molecule has 1 heterocycles. The Hall–Kier alpha value is -3.64. The van der Waals surface area contributed by atoms with Crippen LogP contribution in [-0.4, -0.2) is 35.3 Å². The number of nitrogens with one attached hydrogen (secondary N) is 1. The Morgan fingerprint density at radius 2 is 1.91 bits per heavy atom. The second kappa shape index (κ2) is 10.1. The van der Waals surface area contributed by atoms with Crippen LogP contribution >= 0.6 is 0 Å². The summed E-state index contributed by atoms with van der Waals surface area (Å²) < 4.78 is 5.35. The molecule has 0 aliphatic carbocycles. The third kappa shape index (κ3) is 5.34. The Kier molecular flexibility index (Phi) is 6.82. The molecule has 1 aliphatic rings. The molecule has 0 atom stereocenters. The van der Waals surface area contributed by atoms with E-state index in [9.17, 15) is 9.90 Å². The largest absolute Gasteiger partial charge is 0.504 e. The van der Waals surface area contributed by atoms with E-state index in [1.54, 1.807) is 12.1 Å². The van der Waals surface area contributed by atoms with Gasteiger partial charge >= 0.3 is 0 Å². The number of hydrogen-bond acceptors (Lipinski definition) is 5. The highest BCUT2D eigenvalue weighted by atomic mass is 16.5. The summed E-state index contributed by atoms with van der Waals surface area (Å²) in [5, 5.41) is 13.8. The average molecular weight is 430 g/mol. The number of aromatic hydroxyl groups is 1. The molecule has 3 aromatic rings. The fourth-order valence-electron chi connectivity index (χ4n) is 3.82. The number of benzene rings is 3. The quantitative estimate of drug-likeness (QED) is 0.438. The van der Waals surface area contributed by atoms with E-state index in [2.05, 4.69) is 39.7 Å². The van der Waals surface area contributed by atoms with Gasteiger partial charge in [0.2, 0.25) is 0 Å². The number of ether oxygens (including phenoxy) is 1. The van der Waals surface area contributed by atoms with Crippen molar-refractivity contribution in [1.29, 1.82) is 0 Å². The van der Waals surface area contributed by atoms with Crippen LogP contribution in [0.3, 0.4) is 0 Å². The smallest absolute Gasteiger partial charge is 0.271 e. The van der Waals surface area contributed by atoms with Crippen molar-refractivity contribution in [3.63, 3.8) is 0 Å². The fraction of sp³-hybridized carbons (Fsp3) is 0.231. The van der Waals surface area contributed by atoms with E-state index in [-0.39, 0.29) is 11.7 Å². The number of phenols is 1. The first kappa shape index (κ1) is 21.6. The van der Waals surface area contributed by atoms with Crippen molar-refractivity contribution in [2.24, 2.45) is 5.10 Å². The van der Waals surface area contributed by atoms with Crippen molar-refractivity contribution in [3.8, 4) is 11.5 Å². The van der Waals surface area contributed by atoms with Crippen molar-refractivity contribution in [3.05, 3.63) is 94.5 Å². The number of rotatable bonds is 7. The molecule has 0 saturated heterocycles. The Labute approximate surface area is 188 Å². The topological polar surface area (TPSA) is 74.2 Å². The second-order valence-electron chi connectivity index (χ2n) is 7.79. The highest BCUT2D eigenvalue weighted by Crippen LogP contribution is 2.26. The zero-order chi connectivity index (χ0) is 22.3. The minimum Gasteiger partial charge on any atom is -0.504 e. The monoisotopic (exact) mass is 429 g/mol. The number of hydrazone groups is 1. The van der Waals surface area contributed by atoms with E-state index in [4.69, 9.17) is 4.74 Å². The number of carbonyl (C=O) groups excluding carboxylic acids is 1. The third-order valence-electron chi connectivity index (χ3n) is 5.50. The van der Waals surface area contributed by atoms with Crippen molar-refractivity contribution < 1.29 is 14.6 Å². The number of nitrogens with zero attached hydrogens (tertiary/aromatic N) is 2. The zero-order valence-electron chi connectivity index (χ0n) is 18.1. The molecule has 6 nitrogen and oxygen atoms in total. The normalized spacial score (nSPS) is 13.7. The van der Waals surface area contributed by atoms with E-state index < -0.39 is 0 Å². The fourth-order valence-corrected chi connectivity index (χ4v) is 3.82. The minimum absolute atomic E-state index is 0.0712. The Morgan fingerprint density at radius 1 is 1.12 bits per heavy atom. The Morgan fingerprint density at radius 3 is 2.69 bits per heavy atom. The number of hydrogen-bond donors (Lipinski definition) is 2. The molecular weight excluding hydrogens is 402 g/mol. The predicted molar refractivity (Wildman–Crippen MR) is 125 cm³/mol. The number of amides is 1. The maximum absolute atomic E-state index is 12.4. The van der Waals surface area contributed by atoms with Crippen LogP contribution < -0.4 is 10.2 Å². The number of carbonyl (C=O) groups is 1. The first-order chi connectivity index (χ1) is 15.6. The summed E-state index contributed by atoms with van der Waals surface area (Å²) in [6.45, 7) is 5.15. The van der Waals surface area contributed by atoms with Crippen LogP contribution in [0.2, 0.25) is 0 Å². The molecule has 3 aromatic carbocycles. The van der Waals surface area contributed by atoms with Gasteiger partial charge in [-0.25, -0.2) is 5.43 Å². The molecule has 4 rings (SSSR count). The number of phenolic OH excluding ortho intramolecular Hbond substituents is 1. The summed E-state index contributed by atoms with van der Waals surface area (Å²) >= 11 is 0. The van der Waals surface area contributed by atoms with Crippen molar-refractivity contribution in [2.45, 2.75) is 26.4 Å². The van der Waals surface area contributed by atoms with Crippen LogP contribution in [0.15, 0.2) is 71.8 Å². The molecule has 0 fully saturated rings. The lowest BCUT2D eigenvalue weighted by Gasteiger charge is -2.28. The zero-order valence-corrected chi connectivity index (χ0v) is 18.1. The van der Waals surface area contributed by atoms with Crippen LogP contribution in [0.25, 0.3) is 0 Å². The molecule has 1 amide bonds. The van der Waals surface area contributed by atoms with E-state index in [1.165, 1.54) is 29.0 Å². The molecule has 0 unspecified atom stereocenters. The summed E-state index contributed by atoms with van der Waals surface area (Å²) in [7, 11) is 0. The summed E-state index contributed by atoms with van der Waals surface area (Å²) in [6, 6.07) is 21.1. The minimum atomic E-state index is -0.275. The lowest BCUT2D eigenvalue weighted by molar-refractivity contribution is 0.0955. The summed E-state index contributed by atoms with van der Waals surface area (Å²) in [6.07, 6.45) is 2.59. The third-order valence-corrected chi connectivity index (χ3v) is 5.50. The average Bonchev–Trinajstić information content (AvgIpc) is 2.81. The molecule has 0 saturated carbocycles. The molecule has 0 aromatic heterocycles. The van der Waals surface area contributed by atoms with Gasteiger partial charge < -0.3 is 9.84 Å². The van der Waals surface area contributed by atoms with Gasteiger partial charge in [0.05, 0.1) is 12.8 Å². The lowest BCUT2D eigenvalue weighted by Crippen LogP contribution is -2.30. The highest BCUT2D eigenvalue weighted by molar-refractivity contribution is 5.94. The first-order valence-corrected chi connectivity index (χ1v) is 10.8. The van der Waals surface area contributed by atoms with Gasteiger partial charge in [-0.15, -0.1) is 0 Å². The predicted octanol–water partition coefficient (Wildman–Crippen LogP) is 4.11. The van der Waals surface area contributed by atoms with Gasteiger partial charge in [0, 0.05) is 25.2 Å². The van der Waals surface area contributed by atoms with Crippen molar-refractivity contribution in [2.75, 3.05) is 13.2 Å². The molecular formula is C26H27N3O3. The highest BCUT2D eigenvalue weighted by Gasteiger charge is 2.16. The molecule has 32 heavy (non-hydrogen) atoms. The molecule has 164 valence electrons. The Balaban J connectivity index is 1.31. The summed E-state index contributed by atoms with van der Waals surface area (Å²) in [5.41, 5.74) is 7.82. The molecule has 0 spiro atoms. The maximum Gasteiger partial charge on any atom is 0.271 e. The van der Waals surface area contributed by atoms with Gasteiger partial charge in [0.25, 0.3) is 5.91 Å². The van der Waals surface area contributed by atoms with Crippen LogP contribution in [-0.2, 0) is 19.5 Å². The van der Waals surface area contributed by atoms with E-state index in [1.807, 2.05) is 31.2 Å². The van der Waals surface area contributed by atoms with Crippen molar-refractivity contribution >= 4 is 12.1 Å². The van der Waals surface area contributed by atoms with E-state index in [0.717, 1.165) is 26.1 Å². The van der Waals surface area contributed by atoms with Gasteiger partial charge in [0.1, 0.15) is 0 Å². The lowest BCUT2D eigenvalue weighted by atomic mass is 9.99. The van der Waals surface area contributed by atoms with Gasteiger partial charge in [-0.3, -0.25) is 9.69 Å². The van der Waals surface area contributed by atoms with Crippen molar-refractivity contribution in [1.82, 2.24) is 10.3 Å². The van der Waals surface area contributed by atoms with Crippen LogP contribution in [0.4, 0.5) is 0 Å². The van der Waals surface area contributed by atoms with E-state index in [0.29, 0.717) is 23.5 Å². The van der Waals surface area contributed by atoms with Gasteiger partial charge in [-0.05, 0) is 65.9 Å². The molecule has 6 heteroatoms. The number of fused-ring (bicyclic) bond motifs is 1. The standard InChI is InChI=1S/C26H27N3O3/c1-2-32-25-15-20(9-12-24(25)30)16-27-28-26(31)22-10-7-19(8-11-22)17-29-14-13-21-5-3-4-6-23(21)18-29/h3-12,15-16,30H,2,13-14,17-18H2,1H3,(H,28,31)/b27-16-. The van der Waals surface area contributed by atoms with Crippen LogP contribution in [0.1, 0.15) is 39.5 Å². The summed E-state index contributed by atoms with van der Waals surface area (Å²) in [5.74, 6) is 0.181. The maximum atomic E-state index is 12.4. The molecule has 0 bridgehead atoms. The summed E-state index contributed by atoms with van der Waals surface area (Å²) in [4.78, 5) is 14.8. The molecule has 1 aliphatic heterocycles.